The molecule has 0 spiro atoms. The molecule has 0 unspecified atom stereocenters. The number of benzene rings is 1. The van der Waals surface area contributed by atoms with Gasteiger partial charge in [0.25, 0.3) is 10.0 Å². The molecule has 1 aromatic carbocycles. The highest BCUT2D eigenvalue weighted by atomic mass is 79.9. The van der Waals surface area contributed by atoms with E-state index in [0.29, 0.717) is 11.3 Å². The first kappa shape index (κ1) is 15.5. The van der Waals surface area contributed by atoms with E-state index >= 15 is 0 Å². The molecule has 1 aromatic heterocycles. The molecule has 0 amide bonds. The number of aromatic carboxylic acids is 1. The number of rotatable bonds is 4. The van der Waals surface area contributed by atoms with Crippen LogP contribution in [0.25, 0.3) is 0 Å². The van der Waals surface area contributed by atoms with Gasteiger partial charge in [0, 0.05) is 10.0 Å². The zero-order valence-corrected chi connectivity index (χ0v) is 13.4. The first-order valence-electron chi connectivity index (χ1n) is 5.71. The van der Waals surface area contributed by atoms with Crippen molar-refractivity contribution < 1.29 is 22.8 Å². The van der Waals surface area contributed by atoms with Crippen molar-refractivity contribution in [3.8, 4) is 0 Å². The maximum absolute atomic E-state index is 12.3. The number of hydrogen-bond donors (Lipinski definition) is 2. The maximum Gasteiger partial charge on any atom is 0.335 e. The molecule has 2 rings (SSSR count). The van der Waals surface area contributed by atoms with Crippen LogP contribution in [0.5, 0.6) is 0 Å². The van der Waals surface area contributed by atoms with Crippen LogP contribution in [-0.2, 0) is 10.0 Å². The van der Waals surface area contributed by atoms with Gasteiger partial charge in [0.15, 0.2) is 0 Å². The quantitative estimate of drug-likeness (QED) is 0.850. The number of anilines is 1. The third-order valence-electron chi connectivity index (χ3n) is 2.85. The number of hydrogen-bond acceptors (Lipinski definition) is 5. The van der Waals surface area contributed by atoms with Gasteiger partial charge in [0.1, 0.15) is 4.90 Å². The van der Waals surface area contributed by atoms with Gasteiger partial charge in [0.05, 0.1) is 11.3 Å². The topological polar surface area (TPSA) is 110 Å². The normalized spacial score (nSPS) is 11.4. The molecular weight excluding hydrogens is 364 g/mol. The molecule has 0 atom stereocenters. The molecule has 112 valence electrons. The Hall–Kier alpha value is -1.87. The molecule has 0 aliphatic rings. The molecule has 0 bridgehead atoms. The van der Waals surface area contributed by atoms with Crippen LogP contribution in [0.2, 0.25) is 0 Å². The van der Waals surface area contributed by atoms with E-state index in [-0.39, 0.29) is 20.8 Å². The van der Waals surface area contributed by atoms with Gasteiger partial charge in [0.2, 0.25) is 5.88 Å². The van der Waals surface area contributed by atoms with Crippen LogP contribution in [0.1, 0.15) is 21.6 Å². The number of carboxylic acids is 1. The minimum absolute atomic E-state index is 0.000119. The molecule has 2 aromatic rings. The Kier molecular flexibility index (Phi) is 4.06. The highest BCUT2D eigenvalue weighted by Crippen LogP contribution is 2.27. The van der Waals surface area contributed by atoms with E-state index in [1.165, 1.54) is 12.1 Å². The molecule has 0 saturated carbocycles. The monoisotopic (exact) mass is 374 g/mol. The summed E-state index contributed by atoms with van der Waals surface area (Å²) in [5.41, 5.74) is 0.985. The largest absolute Gasteiger partial charge is 0.478 e. The van der Waals surface area contributed by atoms with E-state index in [1.807, 2.05) is 0 Å². The third-order valence-corrected chi connectivity index (χ3v) is 5.18. The first-order valence-corrected chi connectivity index (χ1v) is 7.98. The second-order valence-electron chi connectivity index (χ2n) is 4.28. The second-order valence-corrected chi connectivity index (χ2v) is 6.78. The van der Waals surface area contributed by atoms with Crippen LogP contribution in [0.4, 0.5) is 5.88 Å². The van der Waals surface area contributed by atoms with Crippen molar-refractivity contribution in [2.75, 3.05) is 4.72 Å². The number of aryl methyl sites for hydroxylation is 1. The number of nitrogens with one attached hydrogen (secondary N) is 1. The molecule has 0 saturated heterocycles. The Bertz CT molecular complexity index is 813. The van der Waals surface area contributed by atoms with Crippen LogP contribution in [-0.4, -0.2) is 24.7 Å². The van der Waals surface area contributed by atoms with Crippen molar-refractivity contribution in [2.45, 2.75) is 18.7 Å². The van der Waals surface area contributed by atoms with Crippen LogP contribution in [0.3, 0.4) is 0 Å². The zero-order chi connectivity index (χ0) is 15.8. The summed E-state index contributed by atoms with van der Waals surface area (Å²) in [6.07, 6.45) is 0. The fourth-order valence-electron chi connectivity index (χ4n) is 1.53. The van der Waals surface area contributed by atoms with Crippen molar-refractivity contribution in [1.29, 1.82) is 0 Å². The van der Waals surface area contributed by atoms with Crippen LogP contribution >= 0.6 is 15.9 Å². The van der Waals surface area contributed by atoms with E-state index in [9.17, 15) is 13.2 Å². The fourth-order valence-corrected chi connectivity index (χ4v) is 3.57. The number of sulfonamides is 1. The lowest BCUT2D eigenvalue weighted by atomic mass is 10.2. The molecule has 7 nitrogen and oxygen atoms in total. The molecule has 0 aliphatic carbocycles. The van der Waals surface area contributed by atoms with Crippen LogP contribution in [0.15, 0.2) is 32.1 Å². The van der Waals surface area contributed by atoms with Crippen LogP contribution < -0.4 is 4.72 Å². The maximum atomic E-state index is 12.3. The lowest BCUT2D eigenvalue weighted by Crippen LogP contribution is -2.14. The van der Waals surface area contributed by atoms with Crippen molar-refractivity contribution in [1.82, 2.24) is 5.16 Å². The summed E-state index contributed by atoms with van der Waals surface area (Å²) < 4.78 is 32.1. The Labute approximate surface area is 129 Å². The summed E-state index contributed by atoms with van der Waals surface area (Å²) in [6.45, 7) is 3.34. The minimum Gasteiger partial charge on any atom is -0.478 e. The predicted octanol–water partition coefficient (Wildman–Crippen LogP) is 2.55. The predicted molar refractivity (Wildman–Crippen MR) is 77.9 cm³/mol. The zero-order valence-electron chi connectivity index (χ0n) is 11.0. The second kappa shape index (κ2) is 5.49. The Balaban J connectivity index is 2.47. The first-order chi connectivity index (χ1) is 9.72. The summed E-state index contributed by atoms with van der Waals surface area (Å²) in [5, 5.41) is 12.6. The van der Waals surface area contributed by atoms with Gasteiger partial charge in [-0.05, 0) is 48.0 Å². The number of carboxylic acid groups (broad SMARTS) is 1. The van der Waals surface area contributed by atoms with Crippen molar-refractivity contribution in [2.24, 2.45) is 0 Å². The number of aromatic nitrogens is 1. The van der Waals surface area contributed by atoms with Gasteiger partial charge >= 0.3 is 5.97 Å². The molecule has 9 heteroatoms. The lowest BCUT2D eigenvalue weighted by molar-refractivity contribution is 0.0696. The van der Waals surface area contributed by atoms with E-state index in [4.69, 9.17) is 9.63 Å². The molecule has 2 N–H and O–H groups in total. The van der Waals surface area contributed by atoms with E-state index < -0.39 is 16.0 Å². The number of carbonyl (C=O) groups is 1. The Morgan fingerprint density at radius 2 is 2.05 bits per heavy atom. The molecular formula is C12H11BrN2O5S. The van der Waals surface area contributed by atoms with E-state index in [2.05, 4.69) is 25.8 Å². The van der Waals surface area contributed by atoms with E-state index in [0.717, 1.165) is 6.07 Å². The van der Waals surface area contributed by atoms with Crippen molar-refractivity contribution in [3.05, 3.63) is 39.5 Å². The standard InChI is InChI=1S/C12H11BrN2O5S/c1-6-7(2)14-20-11(6)15-21(18,19)10-5-8(12(16)17)3-4-9(10)13/h3-5,15H,1-2H3,(H,16,17). The van der Waals surface area contributed by atoms with E-state index in [1.54, 1.807) is 13.8 Å². The molecule has 0 aliphatic heterocycles. The summed E-state index contributed by atoms with van der Waals surface area (Å²) in [4.78, 5) is 10.7. The van der Waals surface area contributed by atoms with Crippen molar-refractivity contribution >= 4 is 37.8 Å². The molecule has 21 heavy (non-hydrogen) atoms. The van der Waals surface area contributed by atoms with Gasteiger partial charge in [-0.2, -0.15) is 0 Å². The van der Waals surface area contributed by atoms with Gasteiger partial charge in [-0.3, -0.25) is 0 Å². The average molecular weight is 375 g/mol. The van der Waals surface area contributed by atoms with Crippen molar-refractivity contribution in [3.63, 3.8) is 0 Å². The van der Waals surface area contributed by atoms with Gasteiger partial charge in [-0.15, -0.1) is 0 Å². The van der Waals surface area contributed by atoms with Gasteiger partial charge in [-0.1, -0.05) is 5.16 Å². The Morgan fingerprint density at radius 1 is 1.38 bits per heavy atom. The van der Waals surface area contributed by atoms with Gasteiger partial charge in [-0.25, -0.2) is 17.9 Å². The van der Waals surface area contributed by atoms with Gasteiger partial charge < -0.3 is 9.63 Å². The fraction of sp³-hybridized carbons (Fsp3) is 0.167. The summed E-state index contributed by atoms with van der Waals surface area (Å²) in [7, 11) is -4.00. The smallest absolute Gasteiger partial charge is 0.335 e. The molecule has 1 heterocycles. The lowest BCUT2D eigenvalue weighted by Gasteiger charge is -2.08. The minimum atomic E-state index is -4.00. The summed E-state index contributed by atoms with van der Waals surface area (Å²) in [6, 6.07) is 3.72. The Morgan fingerprint density at radius 3 is 2.57 bits per heavy atom. The SMILES string of the molecule is Cc1noc(NS(=O)(=O)c2cc(C(=O)O)ccc2Br)c1C. The third kappa shape index (κ3) is 3.08. The average Bonchev–Trinajstić information content (AvgIpc) is 2.70. The number of nitrogens with zero attached hydrogens (tertiary/aromatic N) is 1. The highest BCUT2D eigenvalue weighted by molar-refractivity contribution is 9.10. The number of halogens is 1. The molecule has 0 radical (unpaired) electrons. The highest BCUT2D eigenvalue weighted by Gasteiger charge is 2.23. The summed E-state index contributed by atoms with van der Waals surface area (Å²) in [5.74, 6) is -1.22. The summed E-state index contributed by atoms with van der Waals surface area (Å²) >= 11 is 3.09. The molecule has 0 fully saturated rings. The van der Waals surface area contributed by atoms with Crippen LogP contribution in [0, 0.1) is 13.8 Å².